The van der Waals surface area contributed by atoms with Gasteiger partial charge < -0.3 is 10.2 Å². The topological polar surface area (TPSA) is 52.0 Å². The van der Waals surface area contributed by atoms with Gasteiger partial charge in [0.15, 0.2) is 0 Å². The molecule has 21 heavy (non-hydrogen) atoms. The largest absolute Gasteiger partial charge is 0.358 e. The molecule has 0 amide bonds. The summed E-state index contributed by atoms with van der Waals surface area (Å²) >= 11 is 1.72. The molecule has 4 nitrogen and oxygen atoms in total. The molecule has 5 heteroatoms. The fraction of sp³-hybridized carbons (Fsp3) is 0.375. The summed E-state index contributed by atoms with van der Waals surface area (Å²) in [7, 11) is 0. The van der Waals surface area contributed by atoms with E-state index in [1.165, 1.54) is 10.6 Å². The number of rotatable bonds is 2. The van der Waals surface area contributed by atoms with Gasteiger partial charge in [-0.15, -0.1) is 0 Å². The molecule has 0 saturated carbocycles. The number of pyridine rings is 1. The average molecular weight is 298 g/mol. The standard InChI is InChI=1S/C16H18N4S/c1-3-4-13-14-7-12(8-17)10-19-15(14)21-16(13)20-6-5-18-9-11(20)2/h3-4,7,10-11,18H,5-6,9H2,1-2H3/b4-3-. The minimum Gasteiger partial charge on any atom is -0.358 e. The quantitative estimate of drug-likeness (QED) is 0.926. The highest BCUT2D eigenvalue weighted by atomic mass is 32.1. The third-order valence-corrected chi connectivity index (χ3v) is 4.96. The van der Waals surface area contributed by atoms with Gasteiger partial charge in [-0.25, -0.2) is 4.98 Å². The molecule has 0 radical (unpaired) electrons. The lowest BCUT2D eigenvalue weighted by Crippen LogP contribution is -2.49. The van der Waals surface area contributed by atoms with Crippen LogP contribution in [0.5, 0.6) is 0 Å². The van der Waals surface area contributed by atoms with E-state index in [0.717, 1.165) is 29.9 Å². The van der Waals surface area contributed by atoms with Crippen molar-refractivity contribution in [1.29, 1.82) is 5.26 Å². The van der Waals surface area contributed by atoms with Crippen LogP contribution in [0.1, 0.15) is 25.0 Å². The van der Waals surface area contributed by atoms with E-state index in [0.29, 0.717) is 11.6 Å². The third kappa shape index (κ3) is 2.53. The second-order valence-corrected chi connectivity index (χ2v) is 6.23. The van der Waals surface area contributed by atoms with Crippen LogP contribution in [0, 0.1) is 11.3 Å². The molecule has 3 rings (SSSR count). The first-order valence-corrected chi connectivity index (χ1v) is 7.99. The molecule has 0 bridgehead atoms. The van der Waals surface area contributed by atoms with E-state index in [9.17, 15) is 0 Å². The second kappa shape index (κ2) is 5.84. The van der Waals surface area contributed by atoms with Crippen molar-refractivity contribution >= 4 is 32.6 Å². The highest BCUT2D eigenvalue weighted by Crippen LogP contribution is 2.39. The Kier molecular flexibility index (Phi) is 3.91. The van der Waals surface area contributed by atoms with Crippen LogP contribution >= 0.6 is 11.3 Å². The maximum atomic E-state index is 9.09. The number of anilines is 1. The van der Waals surface area contributed by atoms with E-state index in [1.54, 1.807) is 17.5 Å². The van der Waals surface area contributed by atoms with Crippen LogP contribution in [-0.4, -0.2) is 30.7 Å². The molecule has 1 saturated heterocycles. The van der Waals surface area contributed by atoms with E-state index in [4.69, 9.17) is 5.26 Å². The lowest BCUT2D eigenvalue weighted by Gasteiger charge is -2.35. The number of nitriles is 1. The predicted molar refractivity (Wildman–Crippen MR) is 88.7 cm³/mol. The second-order valence-electron chi connectivity index (χ2n) is 5.26. The zero-order valence-electron chi connectivity index (χ0n) is 12.3. The first kappa shape index (κ1) is 14.1. The molecule has 1 aliphatic heterocycles. The first-order chi connectivity index (χ1) is 10.2. The van der Waals surface area contributed by atoms with Gasteiger partial charge in [0.2, 0.25) is 0 Å². The van der Waals surface area contributed by atoms with Gasteiger partial charge in [0.1, 0.15) is 15.9 Å². The Balaban J connectivity index is 2.17. The molecule has 2 aromatic heterocycles. The number of nitrogens with zero attached hydrogens (tertiary/aromatic N) is 3. The molecule has 0 aliphatic carbocycles. The number of hydrogen-bond donors (Lipinski definition) is 1. The van der Waals surface area contributed by atoms with E-state index in [-0.39, 0.29) is 0 Å². The van der Waals surface area contributed by atoms with Crippen LogP contribution in [0.15, 0.2) is 18.3 Å². The van der Waals surface area contributed by atoms with E-state index < -0.39 is 0 Å². The number of thiophene rings is 1. The predicted octanol–water partition coefficient (Wildman–Crippen LogP) is 3.00. The minimum absolute atomic E-state index is 0.464. The number of hydrogen-bond acceptors (Lipinski definition) is 5. The summed E-state index contributed by atoms with van der Waals surface area (Å²) in [4.78, 5) is 7.91. The summed E-state index contributed by atoms with van der Waals surface area (Å²) in [5.41, 5.74) is 1.81. The maximum absolute atomic E-state index is 9.09. The van der Waals surface area contributed by atoms with Gasteiger partial charge in [0, 0.05) is 42.8 Å². The van der Waals surface area contributed by atoms with Gasteiger partial charge in [-0.05, 0) is 19.9 Å². The Bertz CT molecular complexity index is 726. The SMILES string of the molecule is C/C=C\c1c(N2CCNCC2C)sc2ncc(C#N)cc12. The van der Waals surface area contributed by atoms with Crippen molar-refractivity contribution in [2.45, 2.75) is 19.9 Å². The van der Waals surface area contributed by atoms with Gasteiger partial charge in [0.25, 0.3) is 0 Å². The maximum Gasteiger partial charge on any atom is 0.125 e. The smallest absolute Gasteiger partial charge is 0.125 e. The molecular formula is C16H18N4S. The normalized spacial score (nSPS) is 19.3. The van der Waals surface area contributed by atoms with Gasteiger partial charge in [-0.1, -0.05) is 23.5 Å². The number of aromatic nitrogens is 1. The fourth-order valence-electron chi connectivity index (χ4n) is 2.73. The van der Waals surface area contributed by atoms with E-state index in [1.807, 2.05) is 13.0 Å². The molecule has 2 aromatic rings. The van der Waals surface area contributed by atoms with Crippen LogP contribution in [0.4, 0.5) is 5.00 Å². The Morgan fingerprint density at radius 3 is 3.14 bits per heavy atom. The molecule has 3 heterocycles. The number of allylic oxidation sites excluding steroid dienone is 1. The Hall–Kier alpha value is -1.90. The van der Waals surface area contributed by atoms with Gasteiger partial charge in [0.05, 0.1) is 5.56 Å². The summed E-state index contributed by atoms with van der Waals surface area (Å²) in [6.45, 7) is 7.27. The lowest BCUT2D eigenvalue weighted by atomic mass is 10.1. The zero-order chi connectivity index (χ0) is 14.8. The van der Waals surface area contributed by atoms with Crippen molar-refractivity contribution in [2.75, 3.05) is 24.5 Å². The monoisotopic (exact) mass is 298 g/mol. The molecule has 0 spiro atoms. The molecule has 1 N–H and O–H groups in total. The summed E-state index contributed by atoms with van der Waals surface area (Å²) in [6.07, 6.45) is 5.84. The summed E-state index contributed by atoms with van der Waals surface area (Å²) in [5, 5.41) is 14.9. The summed E-state index contributed by atoms with van der Waals surface area (Å²) < 4.78 is 0. The summed E-state index contributed by atoms with van der Waals surface area (Å²) in [5.74, 6) is 0. The minimum atomic E-state index is 0.464. The number of fused-ring (bicyclic) bond motifs is 1. The number of piperazine rings is 1. The molecule has 108 valence electrons. The van der Waals surface area contributed by atoms with Gasteiger partial charge in [-0.3, -0.25) is 0 Å². The van der Waals surface area contributed by atoms with Crippen molar-refractivity contribution in [3.63, 3.8) is 0 Å². The van der Waals surface area contributed by atoms with Crippen molar-refractivity contribution in [3.8, 4) is 6.07 Å². The van der Waals surface area contributed by atoms with Crippen molar-refractivity contribution in [2.24, 2.45) is 0 Å². The molecule has 1 atom stereocenters. The van der Waals surface area contributed by atoms with Crippen molar-refractivity contribution in [3.05, 3.63) is 29.5 Å². The van der Waals surface area contributed by atoms with Crippen LogP contribution < -0.4 is 10.2 Å². The first-order valence-electron chi connectivity index (χ1n) is 7.17. The molecule has 1 aliphatic rings. The van der Waals surface area contributed by atoms with Gasteiger partial charge in [-0.2, -0.15) is 5.26 Å². The van der Waals surface area contributed by atoms with Crippen LogP contribution in [0.25, 0.3) is 16.3 Å². The highest BCUT2D eigenvalue weighted by Gasteiger charge is 2.23. The highest BCUT2D eigenvalue weighted by molar-refractivity contribution is 7.22. The molecule has 1 fully saturated rings. The van der Waals surface area contributed by atoms with E-state index >= 15 is 0 Å². The molecular weight excluding hydrogens is 280 g/mol. The molecule has 1 unspecified atom stereocenters. The van der Waals surface area contributed by atoms with Crippen LogP contribution in [-0.2, 0) is 0 Å². The Labute approximate surface area is 128 Å². The van der Waals surface area contributed by atoms with E-state index in [2.05, 4.69) is 40.3 Å². The van der Waals surface area contributed by atoms with Crippen molar-refractivity contribution < 1.29 is 0 Å². The van der Waals surface area contributed by atoms with Gasteiger partial charge >= 0.3 is 0 Å². The Morgan fingerprint density at radius 1 is 1.57 bits per heavy atom. The Morgan fingerprint density at radius 2 is 2.43 bits per heavy atom. The lowest BCUT2D eigenvalue weighted by molar-refractivity contribution is 0.503. The third-order valence-electron chi connectivity index (χ3n) is 3.79. The zero-order valence-corrected chi connectivity index (χ0v) is 13.1. The summed E-state index contributed by atoms with van der Waals surface area (Å²) in [6, 6.07) is 4.59. The van der Waals surface area contributed by atoms with Crippen LogP contribution in [0.3, 0.4) is 0 Å². The fourth-order valence-corrected chi connectivity index (χ4v) is 3.98. The van der Waals surface area contributed by atoms with Crippen molar-refractivity contribution in [1.82, 2.24) is 10.3 Å². The van der Waals surface area contributed by atoms with Crippen LogP contribution in [0.2, 0.25) is 0 Å². The number of nitrogens with one attached hydrogen (secondary N) is 1. The molecule has 0 aromatic carbocycles. The average Bonchev–Trinajstić information content (AvgIpc) is 2.86.